The van der Waals surface area contributed by atoms with Crippen molar-refractivity contribution in [2.75, 3.05) is 38.7 Å². The molecule has 0 aliphatic rings. The Labute approximate surface area is 185 Å². The van der Waals surface area contributed by atoms with Crippen LogP contribution in [0.3, 0.4) is 0 Å². The number of ether oxygens (including phenoxy) is 2. The highest BCUT2D eigenvalue weighted by molar-refractivity contribution is 5.92. The second kappa shape index (κ2) is 11.8. The van der Waals surface area contributed by atoms with Gasteiger partial charge >= 0.3 is 0 Å². The van der Waals surface area contributed by atoms with Crippen molar-refractivity contribution in [3.05, 3.63) is 30.2 Å². The van der Waals surface area contributed by atoms with E-state index in [1.165, 1.54) is 6.33 Å². The number of anilines is 2. The summed E-state index contributed by atoms with van der Waals surface area (Å²) < 4.78 is 11.4. The van der Waals surface area contributed by atoms with Gasteiger partial charge in [0.25, 0.3) is 0 Å². The number of benzene rings is 1. The number of aromatic amines is 1. The first-order valence-corrected chi connectivity index (χ1v) is 10.5. The number of rotatable bonds is 14. The van der Waals surface area contributed by atoms with Gasteiger partial charge in [-0.25, -0.2) is 9.97 Å². The summed E-state index contributed by atoms with van der Waals surface area (Å²) in [5.41, 5.74) is 6.51. The Morgan fingerprint density at radius 2 is 2.00 bits per heavy atom. The summed E-state index contributed by atoms with van der Waals surface area (Å²) in [7, 11) is 1.58. The third kappa shape index (κ3) is 6.53. The number of unbranched alkanes of at least 4 members (excludes halogenated alkanes) is 1. The Morgan fingerprint density at radius 1 is 1.16 bits per heavy atom. The predicted molar refractivity (Wildman–Crippen MR) is 120 cm³/mol. The molecule has 2 heterocycles. The number of H-pyrrole nitrogens is 1. The van der Waals surface area contributed by atoms with Gasteiger partial charge in [-0.3, -0.25) is 9.89 Å². The monoisotopic (exact) mass is 443 g/mol. The number of primary amides is 1. The SMILES string of the molecule is COc1cc2c(Nc3cc(CC(N)=O)[nH]n3)ncnc2cc1OCCCNCCCCO. The van der Waals surface area contributed by atoms with Crippen molar-refractivity contribution in [1.82, 2.24) is 25.5 Å². The maximum Gasteiger partial charge on any atom is 0.223 e. The Bertz CT molecular complexity index is 1020. The first kappa shape index (κ1) is 23.2. The average molecular weight is 444 g/mol. The number of hydrogen-bond donors (Lipinski definition) is 5. The van der Waals surface area contributed by atoms with E-state index in [1.807, 2.05) is 12.1 Å². The van der Waals surface area contributed by atoms with Crippen molar-refractivity contribution in [3.8, 4) is 11.5 Å². The van der Waals surface area contributed by atoms with Crippen LogP contribution in [0, 0.1) is 0 Å². The topological polar surface area (TPSA) is 160 Å². The highest BCUT2D eigenvalue weighted by Gasteiger charge is 2.13. The number of nitrogens with one attached hydrogen (secondary N) is 3. The lowest BCUT2D eigenvalue weighted by molar-refractivity contribution is -0.117. The molecule has 11 nitrogen and oxygen atoms in total. The molecular weight excluding hydrogens is 414 g/mol. The van der Waals surface area contributed by atoms with Crippen molar-refractivity contribution in [1.29, 1.82) is 0 Å². The molecule has 0 saturated heterocycles. The minimum absolute atomic E-state index is 0.0753. The second-order valence-electron chi connectivity index (χ2n) is 7.17. The van der Waals surface area contributed by atoms with Crippen LogP contribution in [-0.4, -0.2) is 64.6 Å². The van der Waals surface area contributed by atoms with Gasteiger partial charge in [-0.2, -0.15) is 5.10 Å². The molecule has 0 radical (unpaired) electrons. The number of carbonyl (C=O) groups excluding carboxylic acids is 1. The van der Waals surface area contributed by atoms with Gasteiger partial charge in [0.1, 0.15) is 12.1 Å². The van der Waals surface area contributed by atoms with Crippen LogP contribution in [0.15, 0.2) is 24.5 Å². The van der Waals surface area contributed by atoms with Crippen LogP contribution in [0.1, 0.15) is 25.0 Å². The molecule has 3 rings (SSSR count). The van der Waals surface area contributed by atoms with Gasteiger partial charge in [-0.05, 0) is 38.4 Å². The molecule has 32 heavy (non-hydrogen) atoms. The molecule has 172 valence electrons. The number of amides is 1. The highest BCUT2D eigenvalue weighted by Crippen LogP contribution is 2.34. The number of aliphatic hydroxyl groups is 1. The fourth-order valence-corrected chi connectivity index (χ4v) is 3.13. The van der Waals surface area contributed by atoms with Crippen molar-refractivity contribution >= 4 is 28.4 Å². The lowest BCUT2D eigenvalue weighted by Crippen LogP contribution is -2.19. The van der Waals surface area contributed by atoms with Crippen LogP contribution in [0.2, 0.25) is 0 Å². The van der Waals surface area contributed by atoms with Gasteiger partial charge in [-0.1, -0.05) is 0 Å². The minimum Gasteiger partial charge on any atom is -0.493 e. The van der Waals surface area contributed by atoms with Gasteiger partial charge < -0.3 is 30.9 Å². The summed E-state index contributed by atoms with van der Waals surface area (Å²) in [6.07, 6.45) is 4.13. The Kier molecular flexibility index (Phi) is 8.58. The van der Waals surface area contributed by atoms with Gasteiger partial charge in [-0.15, -0.1) is 0 Å². The van der Waals surface area contributed by atoms with Crippen LogP contribution >= 0.6 is 0 Å². The molecule has 0 atom stereocenters. The number of carbonyl (C=O) groups is 1. The van der Waals surface area contributed by atoms with Crippen molar-refractivity contribution in [3.63, 3.8) is 0 Å². The maximum absolute atomic E-state index is 11.1. The third-order valence-electron chi connectivity index (χ3n) is 4.68. The van der Waals surface area contributed by atoms with Gasteiger partial charge in [0.05, 0.1) is 25.7 Å². The average Bonchev–Trinajstić information content (AvgIpc) is 3.21. The number of aliphatic hydroxyl groups excluding tert-OH is 1. The van der Waals surface area contributed by atoms with Crippen LogP contribution in [-0.2, 0) is 11.2 Å². The van der Waals surface area contributed by atoms with Gasteiger partial charge in [0.15, 0.2) is 17.3 Å². The quantitative estimate of drug-likeness (QED) is 0.231. The van der Waals surface area contributed by atoms with E-state index in [9.17, 15) is 4.79 Å². The van der Waals surface area contributed by atoms with Crippen LogP contribution in [0.4, 0.5) is 11.6 Å². The summed E-state index contributed by atoms with van der Waals surface area (Å²) in [6, 6.07) is 5.33. The van der Waals surface area contributed by atoms with Crippen LogP contribution in [0.25, 0.3) is 10.9 Å². The molecule has 0 saturated carbocycles. The summed E-state index contributed by atoms with van der Waals surface area (Å²) in [5.74, 6) is 1.79. The second-order valence-corrected chi connectivity index (χ2v) is 7.17. The molecule has 1 aromatic carbocycles. The summed E-state index contributed by atoms with van der Waals surface area (Å²) >= 11 is 0. The molecule has 0 spiro atoms. The fourth-order valence-electron chi connectivity index (χ4n) is 3.13. The molecule has 0 fully saturated rings. The van der Waals surface area contributed by atoms with Crippen molar-refractivity contribution in [2.24, 2.45) is 5.73 Å². The molecule has 0 aliphatic carbocycles. The molecule has 3 aromatic rings. The highest BCUT2D eigenvalue weighted by atomic mass is 16.5. The van der Waals surface area contributed by atoms with Gasteiger partial charge in [0.2, 0.25) is 5.91 Å². The molecule has 11 heteroatoms. The zero-order chi connectivity index (χ0) is 22.8. The molecule has 0 aliphatic heterocycles. The predicted octanol–water partition coefficient (Wildman–Crippen LogP) is 1.26. The first-order chi connectivity index (χ1) is 15.6. The molecule has 2 aromatic heterocycles. The minimum atomic E-state index is -0.442. The summed E-state index contributed by atoms with van der Waals surface area (Å²) in [6.45, 7) is 2.47. The maximum atomic E-state index is 11.1. The number of nitrogens with zero attached hydrogens (tertiary/aromatic N) is 3. The third-order valence-corrected chi connectivity index (χ3v) is 4.68. The molecule has 0 unspecified atom stereocenters. The van der Waals surface area contributed by atoms with E-state index in [0.717, 1.165) is 37.7 Å². The Balaban J connectivity index is 1.65. The van der Waals surface area contributed by atoms with E-state index in [-0.39, 0.29) is 13.0 Å². The first-order valence-electron chi connectivity index (χ1n) is 10.5. The lowest BCUT2D eigenvalue weighted by atomic mass is 10.2. The van der Waals surface area contributed by atoms with Crippen LogP contribution < -0.4 is 25.8 Å². The number of fused-ring (bicyclic) bond motifs is 1. The lowest BCUT2D eigenvalue weighted by Gasteiger charge is -2.13. The standard InChI is InChI=1S/C21H29N7O4/c1-31-17-11-15-16(12-18(17)32-8-4-6-23-5-2-3-7-29)24-13-25-21(15)26-20-10-14(27-28-20)9-19(22)30/h10-13,23,29H,2-9H2,1H3,(H2,22,30)(H2,24,25,26,27,28). The zero-order valence-corrected chi connectivity index (χ0v) is 18.1. The number of nitrogens with two attached hydrogens (primary N) is 1. The van der Waals surface area contributed by atoms with Crippen molar-refractivity contribution < 1.29 is 19.4 Å². The normalized spacial score (nSPS) is 10.9. The molecule has 6 N–H and O–H groups in total. The van der Waals surface area contributed by atoms with Crippen LogP contribution in [0.5, 0.6) is 11.5 Å². The van der Waals surface area contributed by atoms with E-state index in [0.29, 0.717) is 41.0 Å². The molecular formula is C21H29N7O4. The van der Waals surface area contributed by atoms with Gasteiger partial charge in [0, 0.05) is 29.8 Å². The van der Waals surface area contributed by atoms with E-state index in [4.69, 9.17) is 20.3 Å². The largest absolute Gasteiger partial charge is 0.493 e. The fraction of sp³-hybridized carbons (Fsp3) is 0.429. The summed E-state index contributed by atoms with van der Waals surface area (Å²) in [5, 5.41) is 22.9. The van der Waals surface area contributed by atoms with Crippen molar-refractivity contribution in [2.45, 2.75) is 25.7 Å². The van der Waals surface area contributed by atoms with E-state index < -0.39 is 5.91 Å². The number of methoxy groups -OCH3 is 1. The van der Waals surface area contributed by atoms with E-state index >= 15 is 0 Å². The zero-order valence-electron chi connectivity index (χ0n) is 18.1. The Hall–Kier alpha value is -3.44. The number of aromatic nitrogens is 4. The Morgan fingerprint density at radius 3 is 2.78 bits per heavy atom. The van der Waals surface area contributed by atoms with E-state index in [2.05, 4.69) is 30.8 Å². The molecule has 1 amide bonds. The molecule has 0 bridgehead atoms. The summed E-state index contributed by atoms with van der Waals surface area (Å²) in [4.78, 5) is 19.7. The number of hydrogen-bond acceptors (Lipinski definition) is 9. The smallest absolute Gasteiger partial charge is 0.223 e. The van der Waals surface area contributed by atoms with E-state index in [1.54, 1.807) is 13.2 Å².